The van der Waals surface area contributed by atoms with Crippen LogP contribution in [0, 0.1) is 0 Å². The van der Waals surface area contributed by atoms with Crippen molar-refractivity contribution >= 4 is 55.2 Å². The summed E-state index contributed by atoms with van der Waals surface area (Å²) >= 11 is 0. The molecule has 1 atom stereocenters. The Hall–Kier alpha value is -6.78. The first-order valence-electron chi connectivity index (χ1n) is 17.3. The van der Waals surface area contributed by atoms with Gasteiger partial charge in [-0.25, -0.2) is 9.98 Å². The molecule has 2 heterocycles. The van der Waals surface area contributed by atoms with E-state index in [2.05, 4.69) is 151 Å². The van der Waals surface area contributed by atoms with Gasteiger partial charge in [0, 0.05) is 27.5 Å². The van der Waals surface area contributed by atoms with E-state index in [4.69, 9.17) is 14.4 Å². The fourth-order valence-electron chi connectivity index (χ4n) is 7.32. The summed E-state index contributed by atoms with van der Waals surface area (Å²) in [6, 6.07) is 61.7. The van der Waals surface area contributed by atoms with E-state index in [1.54, 1.807) is 0 Å². The lowest BCUT2D eigenvalue weighted by atomic mass is 9.98. The molecule has 0 amide bonds. The number of fused-ring (bicyclic) bond motifs is 5. The Labute approximate surface area is 295 Å². The lowest BCUT2D eigenvalue weighted by Crippen LogP contribution is -2.36. The third kappa shape index (κ3) is 5.17. The predicted octanol–water partition coefficient (Wildman–Crippen LogP) is 11.7. The molecule has 0 bridgehead atoms. The van der Waals surface area contributed by atoms with Gasteiger partial charge >= 0.3 is 0 Å². The average molecular weight is 654 g/mol. The van der Waals surface area contributed by atoms with E-state index in [0.29, 0.717) is 0 Å². The molecule has 8 aromatic carbocycles. The molecule has 0 fully saturated rings. The van der Waals surface area contributed by atoms with Crippen LogP contribution in [0.25, 0.3) is 65.7 Å². The van der Waals surface area contributed by atoms with Crippen LogP contribution >= 0.6 is 0 Å². The quantitative estimate of drug-likeness (QED) is 0.201. The molecule has 0 spiro atoms. The standard InChI is InChI=1S/C47H31N3O/c1-2-12-33(13-3-1)45-48-46(34-24-20-32(21-25-34)37-26-22-30-10-4-6-14-35(30)28-37)50-47(49-45)41-18-9-19-42-43(41)40-17-8-16-39(44(40)51-42)38-27-23-31-11-5-7-15-36(31)29-38/h1-29,46H,(H,48,49,50). The predicted molar refractivity (Wildman–Crippen MR) is 211 cm³/mol. The Morgan fingerprint density at radius 2 is 1.04 bits per heavy atom. The van der Waals surface area contributed by atoms with Crippen molar-refractivity contribution < 1.29 is 4.42 Å². The minimum atomic E-state index is -0.427. The number of hydrogen-bond donors (Lipinski definition) is 1. The van der Waals surface area contributed by atoms with Gasteiger partial charge in [0.25, 0.3) is 0 Å². The van der Waals surface area contributed by atoms with Gasteiger partial charge < -0.3 is 9.73 Å². The maximum Gasteiger partial charge on any atom is 0.169 e. The van der Waals surface area contributed by atoms with Crippen LogP contribution in [0.3, 0.4) is 0 Å². The maximum atomic E-state index is 6.67. The summed E-state index contributed by atoms with van der Waals surface area (Å²) in [6.45, 7) is 0. The van der Waals surface area contributed by atoms with Gasteiger partial charge in [-0.05, 0) is 62.0 Å². The molecule has 0 aliphatic carbocycles. The molecule has 9 aromatic rings. The van der Waals surface area contributed by atoms with E-state index in [1.165, 1.54) is 27.1 Å². The van der Waals surface area contributed by atoms with Crippen LogP contribution in [0.4, 0.5) is 0 Å². The van der Waals surface area contributed by atoms with Crippen molar-refractivity contribution in [3.63, 3.8) is 0 Å². The third-order valence-electron chi connectivity index (χ3n) is 9.92. The minimum Gasteiger partial charge on any atom is -0.455 e. The number of aliphatic imine (C=N–C) groups is 2. The monoisotopic (exact) mass is 653 g/mol. The fraction of sp³-hybridized carbons (Fsp3) is 0.0213. The molecule has 240 valence electrons. The molecule has 1 unspecified atom stereocenters. The summed E-state index contributed by atoms with van der Waals surface area (Å²) in [5, 5.41) is 10.6. The Kier molecular flexibility index (Phi) is 6.85. The molecule has 1 N–H and O–H groups in total. The van der Waals surface area contributed by atoms with Crippen LogP contribution in [-0.4, -0.2) is 11.7 Å². The molecule has 1 aliphatic heterocycles. The van der Waals surface area contributed by atoms with E-state index in [9.17, 15) is 0 Å². The first-order valence-corrected chi connectivity index (χ1v) is 17.3. The molecule has 0 radical (unpaired) electrons. The van der Waals surface area contributed by atoms with E-state index in [-0.39, 0.29) is 0 Å². The maximum absolute atomic E-state index is 6.67. The van der Waals surface area contributed by atoms with E-state index in [0.717, 1.165) is 67.0 Å². The van der Waals surface area contributed by atoms with Gasteiger partial charge in [-0.2, -0.15) is 0 Å². The first-order chi connectivity index (χ1) is 25.2. The van der Waals surface area contributed by atoms with Gasteiger partial charge in [-0.3, -0.25) is 0 Å². The fourth-order valence-corrected chi connectivity index (χ4v) is 7.32. The summed E-state index contributed by atoms with van der Waals surface area (Å²) in [5.74, 6) is 1.54. The molecule has 1 aliphatic rings. The zero-order chi connectivity index (χ0) is 33.7. The summed E-state index contributed by atoms with van der Waals surface area (Å²) in [7, 11) is 0. The van der Waals surface area contributed by atoms with Crippen molar-refractivity contribution in [1.82, 2.24) is 5.32 Å². The van der Waals surface area contributed by atoms with Crippen LogP contribution in [0.15, 0.2) is 190 Å². The summed E-state index contributed by atoms with van der Waals surface area (Å²) in [6.07, 6.45) is -0.427. The number of nitrogens with one attached hydrogen (secondary N) is 1. The zero-order valence-electron chi connectivity index (χ0n) is 27.6. The second-order valence-corrected chi connectivity index (χ2v) is 13.0. The Morgan fingerprint density at radius 1 is 0.431 bits per heavy atom. The number of nitrogens with zero attached hydrogens (tertiary/aromatic N) is 2. The number of rotatable bonds is 5. The summed E-state index contributed by atoms with van der Waals surface area (Å²) < 4.78 is 6.67. The van der Waals surface area contributed by atoms with E-state index in [1.807, 2.05) is 30.3 Å². The van der Waals surface area contributed by atoms with Gasteiger partial charge in [0.15, 0.2) is 6.17 Å². The van der Waals surface area contributed by atoms with Crippen molar-refractivity contribution in [1.29, 1.82) is 0 Å². The molecular weight excluding hydrogens is 623 g/mol. The zero-order valence-corrected chi connectivity index (χ0v) is 27.6. The second-order valence-electron chi connectivity index (χ2n) is 13.0. The van der Waals surface area contributed by atoms with Crippen LogP contribution in [0.5, 0.6) is 0 Å². The van der Waals surface area contributed by atoms with Gasteiger partial charge in [-0.15, -0.1) is 0 Å². The van der Waals surface area contributed by atoms with Crippen molar-refractivity contribution in [3.8, 4) is 22.3 Å². The average Bonchev–Trinajstić information content (AvgIpc) is 3.60. The Balaban J connectivity index is 1.08. The van der Waals surface area contributed by atoms with Crippen molar-refractivity contribution in [2.45, 2.75) is 6.17 Å². The molecule has 4 nitrogen and oxygen atoms in total. The van der Waals surface area contributed by atoms with Gasteiger partial charge in [0.05, 0.1) is 0 Å². The molecule has 1 aromatic heterocycles. The first kappa shape index (κ1) is 29.2. The second kappa shape index (κ2) is 12.0. The summed E-state index contributed by atoms with van der Waals surface area (Å²) in [4.78, 5) is 10.4. The SMILES string of the molecule is c1ccc(C2=NC(c3ccc(-c4ccc5ccccc5c4)cc3)N=C(c3cccc4oc5c(-c6ccc7ccccc7c6)cccc5c34)N2)cc1. The number of para-hydroxylation sites is 1. The molecule has 10 rings (SSSR count). The lowest BCUT2D eigenvalue weighted by Gasteiger charge is -2.23. The Morgan fingerprint density at radius 3 is 1.80 bits per heavy atom. The highest BCUT2D eigenvalue weighted by atomic mass is 16.3. The third-order valence-corrected chi connectivity index (χ3v) is 9.92. The number of furan rings is 1. The topological polar surface area (TPSA) is 49.9 Å². The van der Waals surface area contributed by atoms with Gasteiger partial charge in [0.1, 0.15) is 22.8 Å². The lowest BCUT2D eigenvalue weighted by molar-refractivity contribution is 0.670. The smallest absolute Gasteiger partial charge is 0.169 e. The molecule has 0 saturated heterocycles. The number of hydrogen-bond acceptors (Lipinski definition) is 4. The highest BCUT2D eigenvalue weighted by molar-refractivity contribution is 6.24. The van der Waals surface area contributed by atoms with E-state index >= 15 is 0 Å². The van der Waals surface area contributed by atoms with Crippen molar-refractivity contribution in [2.75, 3.05) is 0 Å². The van der Waals surface area contributed by atoms with Gasteiger partial charge in [-0.1, -0.05) is 158 Å². The molecule has 51 heavy (non-hydrogen) atoms. The number of amidine groups is 2. The highest BCUT2D eigenvalue weighted by Crippen LogP contribution is 2.39. The van der Waals surface area contributed by atoms with Crippen LogP contribution in [0.1, 0.15) is 22.9 Å². The van der Waals surface area contributed by atoms with Crippen LogP contribution < -0.4 is 5.32 Å². The minimum absolute atomic E-state index is 0.427. The normalized spacial score (nSPS) is 14.5. The molecule has 4 heteroatoms. The molecule has 0 saturated carbocycles. The Bertz CT molecular complexity index is 2830. The molecular formula is C47H31N3O. The van der Waals surface area contributed by atoms with E-state index < -0.39 is 6.17 Å². The van der Waals surface area contributed by atoms with Crippen LogP contribution in [0.2, 0.25) is 0 Å². The largest absolute Gasteiger partial charge is 0.455 e. The van der Waals surface area contributed by atoms with Crippen LogP contribution in [-0.2, 0) is 0 Å². The number of benzene rings is 8. The summed E-state index contributed by atoms with van der Waals surface area (Å²) in [5.41, 5.74) is 9.22. The highest BCUT2D eigenvalue weighted by Gasteiger charge is 2.24. The van der Waals surface area contributed by atoms with Crippen molar-refractivity contribution in [3.05, 3.63) is 193 Å². The van der Waals surface area contributed by atoms with Gasteiger partial charge in [0.2, 0.25) is 0 Å². The van der Waals surface area contributed by atoms with Crippen molar-refractivity contribution in [2.24, 2.45) is 9.98 Å².